The largest absolute Gasteiger partial charge is 0.496 e. The highest BCUT2D eigenvalue weighted by atomic mass is 35.5. The molecule has 1 saturated heterocycles. The highest BCUT2D eigenvalue weighted by Crippen LogP contribution is 2.39. The summed E-state index contributed by atoms with van der Waals surface area (Å²) in [4.78, 5) is 0. The van der Waals surface area contributed by atoms with Crippen LogP contribution in [0.25, 0.3) is 0 Å². The van der Waals surface area contributed by atoms with Gasteiger partial charge in [-0.15, -0.1) is 0 Å². The molecule has 3 atom stereocenters. The van der Waals surface area contributed by atoms with Crippen molar-refractivity contribution >= 4 is 11.6 Å². The molecule has 0 amide bonds. The molecule has 0 radical (unpaired) electrons. The molecule has 100 valence electrons. The zero-order valence-corrected chi connectivity index (χ0v) is 11.5. The van der Waals surface area contributed by atoms with E-state index in [4.69, 9.17) is 21.1 Å². The lowest BCUT2D eigenvalue weighted by molar-refractivity contribution is 0.0298. The Hall–Kier alpha value is -0.770. The minimum Gasteiger partial charge on any atom is -0.496 e. The normalized spacial score (nSPS) is 25.1. The Morgan fingerprint density at radius 2 is 2.33 bits per heavy atom. The SMILES string of the molecule is CCC1OCCC1C(O)c1cc(Cl)ccc1OC. The molecule has 1 N–H and O–H groups in total. The third-order valence-corrected chi connectivity index (χ3v) is 3.81. The number of benzene rings is 1. The quantitative estimate of drug-likeness (QED) is 0.913. The summed E-state index contributed by atoms with van der Waals surface area (Å²) in [5, 5.41) is 11.1. The second-order valence-corrected chi connectivity index (χ2v) is 5.04. The number of aliphatic hydroxyl groups excluding tert-OH is 1. The van der Waals surface area contributed by atoms with Crippen molar-refractivity contribution in [1.29, 1.82) is 0 Å². The van der Waals surface area contributed by atoms with Crippen LogP contribution in [0.2, 0.25) is 5.02 Å². The van der Waals surface area contributed by atoms with Crippen LogP contribution < -0.4 is 4.74 Å². The molecular weight excluding hydrogens is 252 g/mol. The van der Waals surface area contributed by atoms with Crippen molar-refractivity contribution in [3.63, 3.8) is 0 Å². The Labute approximate surface area is 113 Å². The number of ether oxygens (including phenoxy) is 2. The van der Waals surface area contributed by atoms with Crippen LogP contribution in [0.5, 0.6) is 5.75 Å². The van der Waals surface area contributed by atoms with E-state index in [-0.39, 0.29) is 12.0 Å². The maximum atomic E-state index is 10.5. The molecule has 0 bridgehead atoms. The molecule has 0 saturated carbocycles. The Balaban J connectivity index is 2.27. The number of hydrogen-bond donors (Lipinski definition) is 1. The van der Waals surface area contributed by atoms with Crippen molar-refractivity contribution in [3.05, 3.63) is 28.8 Å². The molecule has 18 heavy (non-hydrogen) atoms. The summed E-state index contributed by atoms with van der Waals surface area (Å²) in [6.07, 6.45) is 1.30. The minimum atomic E-state index is -0.592. The monoisotopic (exact) mass is 270 g/mol. The molecule has 0 aromatic heterocycles. The van der Waals surface area contributed by atoms with E-state index in [0.29, 0.717) is 17.4 Å². The van der Waals surface area contributed by atoms with Gasteiger partial charge in [-0.1, -0.05) is 18.5 Å². The second kappa shape index (κ2) is 5.91. The summed E-state index contributed by atoms with van der Waals surface area (Å²) in [6.45, 7) is 2.79. The number of aliphatic hydroxyl groups is 1. The lowest BCUT2D eigenvalue weighted by atomic mass is 9.88. The molecule has 1 aliphatic rings. The van der Waals surface area contributed by atoms with Crippen LogP contribution in [0.3, 0.4) is 0 Å². The predicted molar refractivity (Wildman–Crippen MR) is 71.1 cm³/mol. The van der Waals surface area contributed by atoms with Crippen molar-refractivity contribution in [1.82, 2.24) is 0 Å². The van der Waals surface area contributed by atoms with Gasteiger partial charge in [-0.3, -0.25) is 0 Å². The van der Waals surface area contributed by atoms with E-state index >= 15 is 0 Å². The van der Waals surface area contributed by atoms with Crippen molar-refractivity contribution in [2.75, 3.05) is 13.7 Å². The number of methoxy groups -OCH3 is 1. The van der Waals surface area contributed by atoms with Crippen LogP contribution in [-0.2, 0) is 4.74 Å². The Morgan fingerprint density at radius 3 is 3.00 bits per heavy atom. The fourth-order valence-corrected chi connectivity index (χ4v) is 2.79. The third kappa shape index (κ3) is 2.63. The van der Waals surface area contributed by atoms with Crippen LogP contribution in [0.1, 0.15) is 31.4 Å². The van der Waals surface area contributed by atoms with E-state index in [1.807, 2.05) is 0 Å². The van der Waals surface area contributed by atoms with Crippen LogP contribution in [0.15, 0.2) is 18.2 Å². The van der Waals surface area contributed by atoms with Gasteiger partial charge in [-0.2, -0.15) is 0 Å². The van der Waals surface area contributed by atoms with E-state index in [9.17, 15) is 5.11 Å². The van der Waals surface area contributed by atoms with Crippen molar-refractivity contribution < 1.29 is 14.6 Å². The van der Waals surface area contributed by atoms with Crippen LogP contribution in [-0.4, -0.2) is 24.9 Å². The molecule has 1 aromatic carbocycles. The summed E-state index contributed by atoms with van der Waals surface area (Å²) in [5.74, 6) is 0.788. The summed E-state index contributed by atoms with van der Waals surface area (Å²) < 4.78 is 10.9. The number of hydrogen-bond acceptors (Lipinski definition) is 3. The van der Waals surface area contributed by atoms with Gasteiger partial charge in [0.25, 0.3) is 0 Å². The highest BCUT2D eigenvalue weighted by Gasteiger charge is 2.34. The number of rotatable bonds is 4. The Bertz CT molecular complexity index is 408. The fraction of sp³-hybridized carbons (Fsp3) is 0.571. The highest BCUT2D eigenvalue weighted by molar-refractivity contribution is 6.30. The van der Waals surface area contributed by atoms with Crippen LogP contribution >= 0.6 is 11.6 Å². The fourth-order valence-electron chi connectivity index (χ4n) is 2.61. The maximum absolute atomic E-state index is 10.5. The molecule has 0 aliphatic carbocycles. The molecule has 1 aromatic rings. The van der Waals surface area contributed by atoms with Crippen molar-refractivity contribution in [3.8, 4) is 5.75 Å². The molecule has 1 fully saturated rings. The van der Waals surface area contributed by atoms with Crippen molar-refractivity contribution in [2.24, 2.45) is 5.92 Å². The lowest BCUT2D eigenvalue weighted by Crippen LogP contribution is -2.22. The van der Waals surface area contributed by atoms with E-state index in [0.717, 1.165) is 18.4 Å². The third-order valence-electron chi connectivity index (χ3n) is 3.58. The van der Waals surface area contributed by atoms with Gasteiger partial charge in [0, 0.05) is 23.1 Å². The van der Waals surface area contributed by atoms with Gasteiger partial charge in [-0.05, 0) is 31.0 Å². The van der Waals surface area contributed by atoms with Gasteiger partial charge in [0.15, 0.2) is 0 Å². The lowest BCUT2D eigenvalue weighted by Gasteiger charge is -2.24. The summed E-state index contributed by atoms with van der Waals surface area (Å²) in [6, 6.07) is 5.33. The average Bonchev–Trinajstić information content (AvgIpc) is 2.86. The summed E-state index contributed by atoms with van der Waals surface area (Å²) in [7, 11) is 1.60. The van der Waals surface area contributed by atoms with E-state index in [1.54, 1.807) is 25.3 Å². The molecular formula is C14H19ClO3. The molecule has 1 aliphatic heterocycles. The van der Waals surface area contributed by atoms with Gasteiger partial charge in [-0.25, -0.2) is 0 Å². The first-order valence-corrected chi connectivity index (χ1v) is 6.68. The summed E-state index contributed by atoms with van der Waals surface area (Å²) >= 11 is 6.00. The topological polar surface area (TPSA) is 38.7 Å². The van der Waals surface area contributed by atoms with E-state index < -0.39 is 6.10 Å². The molecule has 2 rings (SSSR count). The van der Waals surface area contributed by atoms with Crippen molar-refractivity contribution in [2.45, 2.75) is 32.0 Å². The molecule has 3 nitrogen and oxygen atoms in total. The van der Waals surface area contributed by atoms with Crippen LogP contribution in [0, 0.1) is 5.92 Å². The first-order chi connectivity index (χ1) is 8.67. The zero-order valence-electron chi connectivity index (χ0n) is 10.7. The first kappa shape index (κ1) is 13.7. The predicted octanol–water partition coefficient (Wildman–Crippen LogP) is 3.20. The molecule has 3 unspecified atom stereocenters. The first-order valence-electron chi connectivity index (χ1n) is 6.30. The smallest absolute Gasteiger partial charge is 0.124 e. The Morgan fingerprint density at radius 1 is 1.56 bits per heavy atom. The summed E-state index contributed by atoms with van der Waals surface area (Å²) in [5.41, 5.74) is 0.749. The number of halogens is 1. The van der Waals surface area contributed by atoms with Gasteiger partial charge in [0.05, 0.1) is 19.3 Å². The Kier molecular flexibility index (Phi) is 4.49. The van der Waals surface area contributed by atoms with Gasteiger partial charge < -0.3 is 14.6 Å². The van der Waals surface area contributed by atoms with Gasteiger partial charge in [0.2, 0.25) is 0 Å². The zero-order chi connectivity index (χ0) is 13.1. The average molecular weight is 271 g/mol. The van der Waals surface area contributed by atoms with Gasteiger partial charge >= 0.3 is 0 Å². The second-order valence-electron chi connectivity index (χ2n) is 4.60. The standard InChI is InChI=1S/C14H19ClO3/c1-3-12-10(6-7-18-12)14(16)11-8-9(15)4-5-13(11)17-2/h4-5,8,10,12,14,16H,3,6-7H2,1-2H3. The molecule has 0 spiro atoms. The van der Waals surface area contributed by atoms with E-state index in [1.165, 1.54) is 0 Å². The minimum absolute atomic E-state index is 0.113. The molecule has 1 heterocycles. The molecule has 4 heteroatoms. The maximum Gasteiger partial charge on any atom is 0.124 e. The van der Waals surface area contributed by atoms with Crippen LogP contribution in [0.4, 0.5) is 0 Å². The van der Waals surface area contributed by atoms with E-state index in [2.05, 4.69) is 6.92 Å². The van der Waals surface area contributed by atoms with Gasteiger partial charge in [0.1, 0.15) is 5.75 Å².